The Morgan fingerprint density at radius 2 is 2.00 bits per heavy atom. The number of ether oxygens (including phenoxy) is 2. The third kappa shape index (κ3) is 2.99. The number of halogens is 1. The molecule has 5 rings (SSSR count). The SMILES string of the molecule is CCCCOC(=O)C1=C(N)Oc2c(c(=O)oc3ccccc23)[C@@]12C(=O)Nc1ccc(Br)cc12. The van der Waals surface area contributed by atoms with Gasteiger partial charge in [0.25, 0.3) is 0 Å². The zero-order chi connectivity index (χ0) is 23.3. The van der Waals surface area contributed by atoms with E-state index in [4.69, 9.17) is 19.6 Å². The number of carbonyl (C=O) groups is 2. The van der Waals surface area contributed by atoms with Gasteiger partial charge in [0.1, 0.15) is 22.1 Å². The van der Waals surface area contributed by atoms with Crippen LogP contribution in [0.5, 0.6) is 5.75 Å². The standard InChI is InChI=1S/C24H19BrN2O6/c1-2-3-10-31-21(28)18-20(26)33-19-13-6-4-5-7-16(13)32-22(29)17(19)24(18)14-11-12(25)8-9-15(14)27-23(24)30/h4-9,11H,2-3,10,26H2,1H3,(H,27,30)/t24-/m1/s1. The van der Waals surface area contributed by atoms with Crippen molar-refractivity contribution >= 4 is 44.5 Å². The molecule has 1 atom stereocenters. The zero-order valence-electron chi connectivity index (χ0n) is 17.6. The highest BCUT2D eigenvalue weighted by Gasteiger charge is 2.61. The summed E-state index contributed by atoms with van der Waals surface area (Å²) in [5, 5.41) is 3.23. The number of nitrogens with one attached hydrogen (secondary N) is 1. The maximum absolute atomic E-state index is 13.7. The number of rotatable bonds is 4. The molecule has 1 amide bonds. The van der Waals surface area contributed by atoms with Crippen molar-refractivity contribution in [1.29, 1.82) is 0 Å². The number of benzene rings is 2. The molecule has 1 spiro atoms. The van der Waals surface area contributed by atoms with Gasteiger partial charge in [0.15, 0.2) is 5.75 Å². The van der Waals surface area contributed by atoms with Gasteiger partial charge >= 0.3 is 11.6 Å². The normalized spacial score (nSPS) is 18.7. The summed E-state index contributed by atoms with van der Waals surface area (Å²) >= 11 is 3.42. The summed E-state index contributed by atoms with van der Waals surface area (Å²) in [6.45, 7) is 2.09. The lowest BCUT2D eigenvalue weighted by Gasteiger charge is -2.34. The quantitative estimate of drug-likeness (QED) is 0.311. The highest BCUT2D eigenvalue weighted by molar-refractivity contribution is 9.10. The van der Waals surface area contributed by atoms with Crippen LogP contribution in [0.25, 0.3) is 11.0 Å². The Morgan fingerprint density at radius 3 is 2.79 bits per heavy atom. The number of fused-ring (bicyclic) bond motifs is 6. The van der Waals surface area contributed by atoms with E-state index >= 15 is 0 Å². The fourth-order valence-electron chi connectivity index (χ4n) is 4.43. The summed E-state index contributed by atoms with van der Waals surface area (Å²) in [6, 6.07) is 11.8. The van der Waals surface area contributed by atoms with Crippen LogP contribution < -0.4 is 21.4 Å². The molecule has 2 aliphatic heterocycles. The van der Waals surface area contributed by atoms with Crippen molar-refractivity contribution in [3.63, 3.8) is 0 Å². The molecule has 9 heteroatoms. The Kier molecular flexibility index (Phi) is 5.01. The lowest BCUT2D eigenvalue weighted by atomic mass is 9.68. The van der Waals surface area contributed by atoms with Crippen LogP contribution in [0.3, 0.4) is 0 Å². The molecule has 2 aliphatic rings. The molecule has 0 saturated carbocycles. The van der Waals surface area contributed by atoms with E-state index in [0.717, 1.165) is 6.42 Å². The van der Waals surface area contributed by atoms with Gasteiger partial charge in [0, 0.05) is 15.7 Å². The van der Waals surface area contributed by atoms with Crippen molar-refractivity contribution in [3.05, 3.63) is 79.9 Å². The number of nitrogens with two attached hydrogens (primary N) is 1. The summed E-state index contributed by atoms with van der Waals surface area (Å²) in [5.74, 6) is -1.68. The van der Waals surface area contributed by atoms with Crippen LogP contribution in [0.15, 0.2) is 67.6 Å². The first kappa shape index (κ1) is 21.3. The third-order valence-electron chi connectivity index (χ3n) is 5.88. The number of carbonyl (C=O) groups excluding carboxylic acids is 2. The van der Waals surface area contributed by atoms with Crippen LogP contribution in [0.2, 0.25) is 0 Å². The van der Waals surface area contributed by atoms with E-state index in [2.05, 4.69) is 21.2 Å². The van der Waals surface area contributed by atoms with Crippen LogP contribution >= 0.6 is 15.9 Å². The molecule has 0 bridgehead atoms. The first-order chi connectivity index (χ1) is 15.9. The molecule has 1 aromatic heterocycles. The minimum absolute atomic E-state index is 0.0763. The van der Waals surface area contributed by atoms with E-state index in [1.165, 1.54) is 0 Å². The fraction of sp³-hybridized carbons (Fsp3) is 0.208. The molecule has 0 saturated heterocycles. The molecule has 3 heterocycles. The van der Waals surface area contributed by atoms with Crippen molar-refractivity contribution in [2.24, 2.45) is 5.73 Å². The Balaban J connectivity index is 1.88. The predicted octanol–water partition coefficient (Wildman–Crippen LogP) is 3.70. The van der Waals surface area contributed by atoms with Crippen molar-refractivity contribution in [3.8, 4) is 5.75 Å². The number of hydrogen-bond donors (Lipinski definition) is 2. The smallest absolute Gasteiger partial charge is 0.345 e. The average molecular weight is 511 g/mol. The van der Waals surface area contributed by atoms with Crippen LogP contribution in [-0.4, -0.2) is 18.5 Å². The van der Waals surface area contributed by atoms with Crippen molar-refractivity contribution in [2.45, 2.75) is 25.2 Å². The lowest BCUT2D eigenvalue weighted by Crippen LogP contribution is -2.48. The van der Waals surface area contributed by atoms with E-state index in [-0.39, 0.29) is 35.0 Å². The van der Waals surface area contributed by atoms with Gasteiger partial charge in [-0.3, -0.25) is 4.79 Å². The van der Waals surface area contributed by atoms with E-state index in [0.29, 0.717) is 27.5 Å². The molecule has 2 aromatic carbocycles. The predicted molar refractivity (Wildman–Crippen MR) is 124 cm³/mol. The zero-order valence-corrected chi connectivity index (χ0v) is 19.2. The van der Waals surface area contributed by atoms with Crippen molar-refractivity contribution < 1.29 is 23.5 Å². The van der Waals surface area contributed by atoms with Gasteiger partial charge in [-0.05, 0) is 36.8 Å². The van der Waals surface area contributed by atoms with Gasteiger partial charge in [-0.1, -0.05) is 41.4 Å². The molecule has 0 aliphatic carbocycles. The highest BCUT2D eigenvalue weighted by Crippen LogP contribution is 2.54. The molecule has 3 N–H and O–H groups in total. The Morgan fingerprint density at radius 1 is 1.21 bits per heavy atom. The summed E-state index contributed by atoms with van der Waals surface area (Å²) in [4.78, 5) is 40.4. The van der Waals surface area contributed by atoms with Gasteiger partial charge in [0.2, 0.25) is 11.8 Å². The number of anilines is 1. The number of para-hydroxylation sites is 1. The molecule has 0 fully saturated rings. The molecule has 0 unspecified atom stereocenters. The minimum atomic E-state index is -1.90. The number of esters is 1. The summed E-state index contributed by atoms with van der Waals surface area (Å²) in [7, 11) is 0. The summed E-state index contributed by atoms with van der Waals surface area (Å²) in [5.41, 5.74) is 4.30. The second-order valence-electron chi connectivity index (χ2n) is 7.81. The minimum Gasteiger partial charge on any atom is -0.462 e. The first-order valence-electron chi connectivity index (χ1n) is 10.4. The molecule has 8 nitrogen and oxygen atoms in total. The van der Waals surface area contributed by atoms with E-state index in [9.17, 15) is 14.4 Å². The van der Waals surface area contributed by atoms with Crippen LogP contribution in [0, 0.1) is 0 Å². The summed E-state index contributed by atoms with van der Waals surface area (Å²) in [6.07, 6.45) is 1.43. The van der Waals surface area contributed by atoms with Gasteiger partial charge in [-0.15, -0.1) is 0 Å². The number of unbranched alkanes of at least 4 members (excludes halogenated alkanes) is 1. The molecule has 168 valence electrons. The van der Waals surface area contributed by atoms with Crippen LogP contribution in [-0.2, 0) is 19.7 Å². The largest absolute Gasteiger partial charge is 0.462 e. The van der Waals surface area contributed by atoms with Gasteiger partial charge in [0.05, 0.1) is 12.0 Å². The second kappa shape index (κ2) is 7.77. The average Bonchev–Trinajstić information content (AvgIpc) is 3.05. The number of amides is 1. The Bertz CT molecular complexity index is 1430. The summed E-state index contributed by atoms with van der Waals surface area (Å²) < 4.78 is 17.5. The maximum atomic E-state index is 13.7. The van der Waals surface area contributed by atoms with Crippen molar-refractivity contribution in [2.75, 3.05) is 11.9 Å². The Hall–Kier alpha value is -3.59. The molecular formula is C24H19BrN2O6. The highest BCUT2D eigenvalue weighted by atomic mass is 79.9. The first-order valence-corrected chi connectivity index (χ1v) is 11.2. The third-order valence-corrected chi connectivity index (χ3v) is 6.38. The Labute approximate surface area is 196 Å². The molecule has 3 aromatic rings. The van der Waals surface area contributed by atoms with Crippen LogP contribution in [0.4, 0.5) is 5.69 Å². The fourth-order valence-corrected chi connectivity index (χ4v) is 4.79. The molecular weight excluding hydrogens is 492 g/mol. The van der Waals surface area contributed by atoms with Gasteiger partial charge in [-0.25, -0.2) is 9.59 Å². The van der Waals surface area contributed by atoms with Crippen molar-refractivity contribution in [1.82, 2.24) is 0 Å². The van der Waals surface area contributed by atoms with Gasteiger partial charge < -0.3 is 24.9 Å². The van der Waals surface area contributed by atoms with E-state index < -0.39 is 22.9 Å². The molecule has 0 radical (unpaired) electrons. The maximum Gasteiger partial charge on any atom is 0.345 e. The second-order valence-corrected chi connectivity index (χ2v) is 8.73. The van der Waals surface area contributed by atoms with E-state index in [1.54, 1.807) is 42.5 Å². The number of hydrogen-bond acceptors (Lipinski definition) is 7. The van der Waals surface area contributed by atoms with Gasteiger partial charge in [-0.2, -0.15) is 0 Å². The monoisotopic (exact) mass is 510 g/mol. The lowest BCUT2D eigenvalue weighted by molar-refractivity contribution is -0.141. The van der Waals surface area contributed by atoms with E-state index in [1.807, 2.05) is 6.92 Å². The molecule has 33 heavy (non-hydrogen) atoms. The topological polar surface area (TPSA) is 121 Å². The van der Waals surface area contributed by atoms with Crippen LogP contribution in [0.1, 0.15) is 30.9 Å².